The van der Waals surface area contributed by atoms with E-state index in [0.717, 1.165) is 22.4 Å². The molecular formula is C33H32ClN9O3. The first kappa shape index (κ1) is 31.9. The maximum Gasteiger partial charge on any atom is 0.411 e. The number of ether oxygens (including phenoxy) is 1. The van der Waals surface area contributed by atoms with Gasteiger partial charge in [0.1, 0.15) is 6.33 Å². The van der Waals surface area contributed by atoms with Gasteiger partial charge < -0.3 is 15.0 Å². The van der Waals surface area contributed by atoms with Crippen LogP contribution in [-0.4, -0.2) is 68.5 Å². The molecule has 13 heteroatoms. The Bertz CT molecular complexity index is 1810. The zero-order chi connectivity index (χ0) is 32.5. The van der Waals surface area contributed by atoms with Crippen LogP contribution >= 0.6 is 11.6 Å². The van der Waals surface area contributed by atoms with Crippen molar-refractivity contribution < 1.29 is 14.3 Å². The van der Waals surface area contributed by atoms with Crippen LogP contribution in [0.15, 0.2) is 91.3 Å². The molecular weight excluding hydrogens is 606 g/mol. The van der Waals surface area contributed by atoms with Gasteiger partial charge in [-0.3, -0.25) is 10.1 Å². The first-order valence-electron chi connectivity index (χ1n) is 14.3. The lowest BCUT2D eigenvalue weighted by Crippen LogP contribution is -2.29. The maximum atomic E-state index is 13.4. The number of carbonyl (C=O) groups is 2. The SMILES string of the molecule is COC(=O)Nc1ccc(-c2cc([C@H](Cc3ccccc3)NC(=O)C=Cc3cc(Cl)ccc3-n3cnnn3)nnc2CN(C)C)cc1. The molecule has 234 valence electrons. The van der Waals surface area contributed by atoms with E-state index in [4.69, 9.17) is 16.3 Å². The number of hydrogen-bond acceptors (Lipinski definition) is 9. The number of aromatic nitrogens is 6. The largest absolute Gasteiger partial charge is 0.453 e. The van der Waals surface area contributed by atoms with E-state index in [1.165, 1.54) is 24.2 Å². The zero-order valence-corrected chi connectivity index (χ0v) is 26.2. The number of nitrogens with zero attached hydrogens (tertiary/aromatic N) is 7. The number of anilines is 1. The summed E-state index contributed by atoms with van der Waals surface area (Å²) in [6, 6.07) is 23.9. The third-order valence-corrected chi connectivity index (χ3v) is 7.17. The fourth-order valence-corrected chi connectivity index (χ4v) is 4.95. The van der Waals surface area contributed by atoms with Gasteiger partial charge in [-0.05, 0) is 84.5 Å². The van der Waals surface area contributed by atoms with Crippen molar-refractivity contribution in [1.82, 2.24) is 40.6 Å². The average Bonchev–Trinajstić information content (AvgIpc) is 3.59. The number of hydrogen-bond donors (Lipinski definition) is 2. The Morgan fingerprint density at radius 2 is 1.80 bits per heavy atom. The predicted octanol–water partition coefficient (Wildman–Crippen LogP) is 5.13. The van der Waals surface area contributed by atoms with Crippen molar-refractivity contribution in [3.05, 3.63) is 119 Å². The molecule has 5 aromatic rings. The van der Waals surface area contributed by atoms with Gasteiger partial charge in [0, 0.05) is 34.5 Å². The number of amides is 2. The zero-order valence-electron chi connectivity index (χ0n) is 25.5. The molecule has 0 unspecified atom stereocenters. The van der Waals surface area contributed by atoms with Crippen LogP contribution in [0.5, 0.6) is 0 Å². The highest BCUT2D eigenvalue weighted by Crippen LogP contribution is 2.28. The second kappa shape index (κ2) is 15.0. The molecule has 2 N–H and O–H groups in total. The van der Waals surface area contributed by atoms with Crippen LogP contribution in [0, 0.1) is 0 Å². The molecule has 0 spiro atoms. The molecule has 46 heavy (non-hydrogen) atoms. The highest BCUT2D eigenvalue weighted by atomic mass is 35.5. The van der Waals surface area contributed by atoms with Gasteiger partial charge in [0.15, 0.2) is 0 Å². The van der Waals surface area contributed by atoms with Gasteiger partial charge in [0.05, 0.1) is 30.2 Å². The van der Waals surface area contributed by atoms with E-state index in [-0.39, 0.29) is 5.91 Å². The summed E-state index contributed by atoms with van der Waals surface area (Å²) in [6.45, 7) is 0.548. The number of rotatable bonds is 11. The third-order valence-electron chi connectivity index (χ3n) is 6.94. The Hall–Kier alpha value is -5.46. The fourth-order valence-electron chi connectivity index (χ4n) is 4.77. The Labute approximate surface area is 271 Å². The molecule has 0 bridgehead atoms. The molecule has 0 fully saturated rings. The van der Waals surface area contributed by atoms with Gasteiger partial charge in [-0.2, -0.15) is 14.9 Å². The molecule has 2 heterocycles. The van der Waals surface area contributed by atoms with Gasteiger partial charge in [-0.25, -0.2) is 4.79 Å². The van der Waals surface area contributed by atoms with Crippen molar-refractivity contribution in [3.8, 4) is 16.8 Å². The summed E-state index contributed by atoms with van der Waals surface area (Å²) in [7, 11) is 5.23. The van der Waals surface area contributed by atoms with E-state index in [0.29, 0.717) is 40.6 Å². The second-order valence-corrected chi connectivity index (χ2v) is 11.0. The Kier molecular flexibility index (Phi) is 10.4. The normalized spacial score (nSPS) is 11.8. The fraction of sp³-hybridized carbons (Fsp3) is 0.182. The number of nitrogens with one attached hydrogen (secondary N) is 2. The number of tetrazole rings is 1. The Morgan fingerprint density at radius 3 is 2.50 bits per heavy atom. The van der Waals surface area contributed by atoms with Crippen molar-refractivity contribution in [2.75, 3.05) is 26.5 Å². The van der Waals surface area contributed by atoms with Crippen LogP contribution in [0.4, 0.5) is 10.5 Å². The maximum absolute atomic E-state index is 13.4. The molecule has 0 saturated carbocycles. The van der Waals surface area contributed by atoms with E-state index in [1.807, 2.05) is 67.5 Å². The summed E-state index contributed by atoms with van der Waals surface area (Å²) < 4.78 is 6.19. The molecule has 2 aromatic heterocycles. The lowest BCUT2D eigenvalue weighted by atomic mass is 9.98. The van der Waals surface area contributed by atoms with Gasteiger partial charge in [0.25, 0.3) is 0 Å². The Morgan fingerprint density at radius 1 is 1.02 bits per heavy atom. The minimum Gasteiger partial charge on any atom is -0.453 e. The van der Waals surface area contributed by atoms with Crippen LogP contribution in [-0.2, 0) is 22.5 Å². The van der Waals surface area contributed by atoms with Crippen molar-refractivity contribution >= 4 is 35.4 Å². The van der Waals surface area contributed by atoms with E-state index in [2.05, 4.69) is 36.4 Å². The Balaban J connectivity index is 1.47. The number of benzene rings is 3. The molecule has 0 aliphatic rings. The monoisotopic (exact) mass is 637 g/mol. The number of methoxy groups -OCH3 is 1. The average molecular weight is 638 g/mol. The molecule has 0 aliphatic heterocycles. The quantitative estimate of drug-likeness (QED) is 0.189. The van der Waals surface area contributed by atoms with E-state index < -0.39 is 12.1 Å². The van der Waals surface area contributed by atoms with Gasteiger partial charge >= 0.3 is 6.09 Å². The lowest BCUT2D eigenvalue weighted by Gasteiger charge is -2.20. The van der Waals surface area contributed by atoms with E-state index >= 15 is 0 Å². The summed E-state index contributed by atoms with van der Waals surface area (Å²) in [5, 5.41) is 26.8. The van der Waals surface area contributed by atoms with E-state index in [1.54, 1.807) is 36.4 Å². The second-order valence-electron chi connectivity index (χ2n) is 10.6. The van der Waals surface area contributed by atoms with Gasteiger partial charge in [-0.15, -0.1) is 5.10 Å². The van der Waals surface area contributed by atoms with Crippen molar-refractivity contribution in [1.29, 1.82) is 0 Å². The molecule has 0 radical (unpaired) electrons. The molecule has 3 aromatic carbocycles. The summed E-state index contributed by atoms with van der Waals surface area (Å²) in [5.41, 5.74) is 6.04. The predicted molar refractivity (Wildman–Crippen MR) is 175 cm³/mol. The van der Waals surface area contributed by atoms with Crippen LogP contribution in [0.25, 0.3) is 22.9 Å². The van der Waals surface area contributed by atoms with Crippen LogP contribution in [0.1, 0.15) is 28.6 Å². The summed E-state index contributed by atoms with van der Waals surface area (Å²) >= 11 is 6.26. The standard InChI is InChI=1S/C33H32ClN9O3/c1-42(2)20-30-27(23-9-13-26(14-10-23)36-33(45)46-3)19-29(38-39-30)28(17-22-7-5-4-6-8-22)37-32(44)16-11-24-18-25(34)12-15-31(24)43-21-35-40-41-43/h4-16,18-19,21,28H,17,20H2,1-3H3,(H,36,45)(H,37,44)/t28-/m0/s1. The molecule has 1 atom stereocenters. The van der Waals surface area contributed by atoms with Crippen molar-refractivity contribution in [2.45, 2.75) is 19.0 Å². The third kappa shape index (κ3) is 8.37. The van der Waals surface area contributed by atoms with Gasteiger partial charge in [-0.1, -0.05) is 54.1 Å². The summed E-state index contributed by atoms with van der Waals surface area (Å²) in [6.07, 6.45) is 4.51. The first-order chi connectivity index (χ1) is 22.3. The van der Waals surface area contributed by atoms with Crippen molar-refractivity contribution in [2.24, 2.45) is 0 Å². The van der Waals surface area contributed by atoms with Gasteiger partial charge in [0.2, 0.25) is 5.91 Å². The van der Waals surface area contributed by atoms with Crippen molar-refractivity contribution in [3.63, 3.8) is 0 Å². The minimum atomic E-state index is -0.551. The van der Waals surface area contributed by atoms with Crippen LogP contribution in [0.2, 0.25) is 5.02 Å². The van der Waals surface area contributed by atoms with E-state index in [9.17, 15) is 9.59 Å². The molecule has 0 aliphatic carbocycles. The van der Waals surface area contributed by atoms with Crippen LogP contribution in [0.3, 0.4) is 0 Å². The number of carbonyl (C=O) groups excluding carboxylic acids is 2. The topological polar surface area (TPSA) is 140 Å². The summed E-state index contributed by atoms with van der Waals surface area (Å²) in [5.74, 6) is -0.331. The smallest absolute Gasteiger partial charge is 0.411 e. The minimum absolute atomic E-state index is 0.331. The lowest BCUT2D eigenvalue weighted by molar-refractivity contribution is -0.117. The molecule has 2 amide bonds. The van der Waals surface area contributed by atoms with Crippen LogP contribution < -0.4 is 10.6 Å². The summed E-state index contributed by atoms with van der Waals surface area (Å²) in [4.78, 5) is 27.1. The first-order valence-corrected chi connectivity index (χ1v) is 14.7. The highest BCUT2D eigenvalue weighted by molar-refractivity contribution is 6.30. The highest BCUT2D eigenvalue weighted by Gasteiger charge is 2.20. The molecule has 12 nitrogen and oxygen atoms in total. The molecule has 5 rings (SSSR count). The number of halogens is 1. The molecule has 0 saturated heterocycles.